The number of Topliss-reactive ketones (excluding diaryl/α,β-unsaturated/α-hetero) is 1. The maximum atomic E-state index is 12.6. The molecule has 0 N–H and O–H groups in total. The maximum absolute atomic E-state index is 12.6. The average Bonchev–Trinajstić information content (AvgIpc) is 3.04. The summed E-state index contributed by atoms with van der Waals surface area (Å²) in [7, 11) is 3.67. The minimum Gasteiger partial charge on any atom is -0.481 e. The lowest BCUT2D eigenvalue weighted by molar-refractivity contribution is -0.126. The van der Waals surface area contributed by atoms with Crippen LogP contribution in [0.5, 0.6) is 5.88 Å². The Morgan fingerprint density at radius 2 is 2.00 bits per heavy atom. The van der Waals surface area contributed by atoms with Crippen molar-refractivity contribution < 1.29 is 9.53 Å². The van der Waals surface area contributed by atoms with Crippen LogP contribution in [0.25, 0.3) is 22.2 Å². The van der Waals surface area contributed by atoms with E-state index in [1.54, 1.807) is 7.11 Å². The second-order valence-corrected chi connectivity index (χ2v) is 7.42. The summed E-state index contributed by atoms with van der Waals surface area (Å²) < 4.78 is 7.71. The highest BCUT2D eigenvalue weighted by Gasteiger charge is 2.39. The van der Waals surface area contributed by atoms with Crippen LogP contribution in [0.3, 0.4) is 0 Å². The second-order valence-electron chi connectivity index (χ2n) is 7.42. The minimum atomic E-state index is -0.489. The number of aryl methyl sites for hydroxylation is 1. The topological polar surface area (TPSA) is 44.1 Å². The molecule has 0 unspecified atom stereocenters. The van der Waals surface area contributed by atoms with E-state index in [2.05, 4.69) is 35.0 Å². The fourth-order valence-corrected chi connectivity index (χ4v) is 4.06. The van der Waals surface area contributed by atoms with Gasteiger partial charge in [0, 0.05) is 36.3 Å². The molecule has 0 bridgehead atoms. The average molecular weight is 348 g/mol. The number of ketones is 1. The van der Waals surface area contributed by atoms with Crippen molar-refractivity contribution in [1.29, 1.82) is 0 Å². The summed E-state index contributed by atoms with van der Waals surface area (Å²) in [5, 5.41) is 1.21. The van der Waals surface area contributed by atoms with Crippen LogP contribution < -0.4 is 4.74 Å². The molecule has 1 aromatic carbocycles. The van der Waals surface area contributed by atoms with Gasteiger partial charge in [-0.25, -0.2) is 4.98 Å². The van der Waals surface area contributed by atoms with Gasteiger partial charge in [-0.1, -0.05) is 24.6 Å². The molecule has 2 heterocycles. The monoisotopic (exact) mass is 348 g/mol. The van der Waals surface area contributed by atoms with E-state index >= 15 is 0 Å². The number of ether oxygens (including phenoxy) is 1. The van der Waals surface area contributed by atoms with Crippen LogP contribution in [0.1, 0.15) is 38.2 Å². The highest BCUT2D eigenvalue weighted by Crippen LogP contribution is 2.41. The van der Waals surface area contributed by atoms with Crippen molar-refractivity contribution in [3.63, 3.8) is 0 Å². The molecule has 0 radical (unpaired) electrons. The van der Waals surface area contributed by atoms with Crippen LogP contribution >= 0.6 is 0 Å². The summed E-state index contributed by atoms with van der Waals surface area (Å²) in [6.45, 7) is 2.03. The largest absolute Gasteiger partial charge is 0.481 e. The molecule has 26 heavy (non-hydrogen) atoms. The third kappa shape index (κ3) is 2.61. The molecule has 134 valence electrons. The molecule has 4 rings (SSSR count). The maximum Gasteiger partial charge on any atom is 0.217 e. The first-order valence-corrected chi connectivity index (χ1v) is 9.17. The fourth-order valence-electron chi connectivity index (χ4n) is 4.06. The number of fused-ring (bicyclic) bond motifs is 1. The molecule has 4 nitrogen and oxygen atoms in total. The van der Waals surface area contributed by atoms with Crippen LogP contribution in [-0.4, -0.2) is 22.4 Å². The molecule has 1 aliphatic carbocycles. The summed E-state index contributed by atoms with van der Waals surface area (Å²) in [5.74, 6) is 0.856. The third-order valence-corrected chi connectivity index (χ3v) is 5.78. The lowest BCUT2D eigenvalue weighted by atomic mass is 9.70. The number of pyridine rings is 1. The van der Waals surface area contributed by atoms with Crippen molar-refractivity contribution in [3.05, 3.63) is 48.2 Å². The van der Waals surface area contributed by atoms with Crippen molar-refractivity contribution in [2.45, 2.75) is 38.0 Å². The Morgan fingerprint density at radius 3 is 2.77 bits per heavy atom. The number of methoxy groups -OCH3 is 1. The van der Waals surface area contributed by atoms with Crippen molar-refractivity contribution in [1.82, 2.24) is 9.55 Å². The number of rotatable bonds is 3. The summed E-state index contributed by atoms with van der Waals surface area (Å²) in [6.07, 6.45) is 5.61. The van der Waals surface area contributed by atoms with E-state index in [9.17, 15) is 4.79 Å². The van der Waals surface area contributed by atoms with Gasteiger partial charge in [-0.15, -0.1) is 0 Å². The highest BCUT2D eigenvalue weighted by atomic mass is 16.5. The Hall–Kier alpha value is -2.62. The van der Waals surface area contributed by atoms with E-state index in [0.717, 1.165) is 36.1 Å². The molecule has 1 saturated carbocycles. The van der Waals surface area contributed by atoms with Crippen molar-refractivity contribution in [2.24, 2.45) is 7.05 Å². The fraction of sp³-hybridized carbons (Fsp3) is 0.364. The number of carbonyl (C=O) groups excluding carboxylic acids is 1. The molecule has 0 amide bonds. The van der Waals surface area contributed by atoms with Crippen LogP contribution in [0, 0.1) is 0 Å². The number of benzene rings is 1. The van der Waals surface area contributed by atoms with Crippen molar-refractivity contribution in [3.8, 4) is 17.1 Å². The van der Waals surface area contributed by atoms with E-state index in [1.165, 1.54) is 10.9 Å². The molecule has 4 heteroatoms. The summed E-state index contributed by atoms with van der Waals surface area (Å²) in [4.78, 5) is 17.4. The molecule has 0 spiro atoms. The summed E-state index contributed by atoms with van der Waals surface area (Å²) >= 11 is 0. The zero-order valence-corrected chi connectivity index (χ0v) is 15.6. The van der Waals surface area contributed by atoms with Crippen molar-refractivity contribution >= 4 is 16.7 Å². The van der Waals surface area contributed by atoms with Gasteiger partial charge in [0.15, 0.2) is 0 Å². The van der Waals surface area contributed by atoms with Crippen LogP contribution in [0.2, 0.25) is 0 Å². The molecular formula is C22H24N2O2. The van der Waals surface area contributed by atoms with Gasteiger partial charge in [-0.05, 0) is 43.4 Å². The molecule has 2 aromatic heterocycles. The Bertz CT molecular complexity index is 989. The number of nitrogens with zero attached hydrogens (tertiary/aromatic N) is 2. The van der Waals surface area contributed by atoms with Crippen LogP contribution in [0.4, 0.5) is 0 Å². The molecule has 1 atom stereocenters. The van der Waals surface area contributed by atoms with Gasteiger partial charge < -0.3 is 9.30 Å². The van der Waals surface area contributed by atoms with E-state index < -0.39 is 5.41 Å². The van der Waals surface area contributed by atoms with Crippen LogP contribution in [0.15, 0.2) is 42.6 Å². The molecule has 1 fully saturated rings. The SMILES string of the molecule is COc1nc(-c2ccc3ccn(C)c3c2)ccc1[C@@]1(C)CCCCC1=O. The zero-order chi connectivity index (χ0) is 18.3. The quantitative estimate of drug-likeness (QED) is 0.692. The Kier molecular flexibility index (Phi) is 4.06. The van der Waals surface area contributed by atoms with Gasteiger partial charge in [-0.3, -0.25) is 4.79 Å². The van der Waals surface area contributed by atoms with Gasteiger partial charge in [0.25, 0.3) is 0 Å². The van der Waals surface area contributed by atoms with Crippen LogP contribution in [-0.2, 0) is 17.3 Å². The van der Waals surface area contributed by atoms with E-state index in [4.69, 9.17) is 9.72 Å². The normalized spacial score (nSPS) is 20.5. The molecule has 0 saturated heterocycles. The third-order valence-electron chi connectivity index (χ3n) is 5.78. The summed E-state index contributed by atoms with van der Waals surface area (Å²) in [6, 6.07) is 12.5. The predicted octanol–water partition coefficient (Wildman–Crippen LogP) is 4.65. The molecule has 1 aliphatic rings. The van der Waals surface area contributed by atoms with Gasteiger partial charge in [0.05, 0.1) is 18.2 Å². The van der Waals surface area contributed by atoms with E-state index in [-0.39, 0.29) is 0 Å². The standard InChI is InChI=1S/C22H24N2O2/c1-22(12-5-4-6-20(22)25)17-9-10-18(23-21(17)26-3)16-8-7-15-11-13-24(2)19(15)14-16/h7-11,13-14H,4-6,12H2,1-3H3/t22-/m1/s1. The first-order valence-electron chi connectivity index (χ1n) is 9.17. The van der Waals surface area contributed by atoms with E-state index in [1.807, 2.05) is 26.1 Å². The number of carbonyl (C=O) groups is 1. The van der Waals surface area contributed by atoms with Gasteiger partial charge in [0.1, 0.15) is 5.78 Å². The smallest absolute Gasteiger partial charge is 0.217 e. The minimum absolute atomic E-state index is 0.293. The van der Waals surface area contributed by atoms with E-state index in [0.29, 0.717) is 18.1 Å². The zero-order valence-electron chi connectivity index (χ0n) is 15.6. The lowest BCUT2D eigenvalue weighted by Crippen LogP contribution is -2.36. The van der Waals surface area contributed by atoms with Gasteiger partial charge in [-0.2, -0.15) is 0 Å². The number of hydrogen-bond acceptors (Lipinski definition) is 3. The van der Waals surface area contributed by atoms with Gasteiger partial charge >= 0.3 is 0 Å². The summed E-state index contributed by atoms with van der Waals surface area (Å²) in [5.41, 5.74) is 3.50. The van der Waals surface area contributed by atoms with Gasteiger partial charge in [0.2, 0.25) is 5.88 Å². The van der Waals surface area contributed by atoms with Crippen molar-refractivity contribution in [2.75, 3.05) is 7.11 Å². The Morgan fingerprint density at radius 1 is 1.15 bits per heavy atom. The molecule has 0 aliphatic heterocycles. The number of hydrogen-bond donors (Lipinski definition) is 0. The lowest BCUT2D eigenvalue weighted by Gasteiger charge is -2.33. The second kappa shape index (κ2) is 6.27. The Labute approximate surface area is 153 Å². The predicted molar refractivity (Wildman–Crippen MR) is 104 cm³/mol. The molecule has 3 aromatic rings. The molecular weight excluding hydrogens is 324 g/mol. The number of aromatic nitrogens is 2. The first kappa shape index (κ1) is 16.8. The Balaban J connectivity index is 1.79. The first-order chi connectivity index (χ1) is 12.5. The highest BCUT2D eigenvalue weighted by molar-refractivity contribution is 5.91.